The van der Waals surface area contributed by atoms with Crippen molar-refractivity contribution in [3.8, 4) is 22.9 Å². The molecule has 2 aromatic carbocycles. The Balaban J connectivity index is 1.83. The van der Waals surface area contributed by atoms with Crippen LogP contribution < -0.4 is 10.1 Å². The highest BCUT2D eigenvalue weighted by molar-refractivity contribution is 7.99. The van der Waals surface area contributed by atoms with Crippen LogP contribution in [0.15, 0.2) is 60.3 Å². The van der Waals surface area contributed by atoms with Gasteiger partial charge in [0.25, 0.3) is 0 Å². The van der Waals surface area contributed by atoms with Crippen molar-refractivity contribution in [2.24, 2.45) is 0 Å². The SMILES string of the molecule is C=CCSc1nnc2c(n1)O[C@H](c1cccc(O)c1Cl)Nc1ccccc1-2. The number of hydrogen-bond acceptors (Lipinski definition) is 7. The van der Waals surface area contributed by atoms with Crippen molar-refractivity contribution in [3.05, 3.63) is 65.7 Å². The number of fused-ring (bicyclic) bond motifs is 3. The summed E-state index contributed by atoms with van der Waals surface area (Å²) in [6.07, 6.45) is 1.12. The molecule has 6 nitrogen and oxygen atoms in total. The standard InChI is InChI=1S/C19H15ClN4O2S/c1-2-10-27-19-22-18-16(23-24-19)11-6-3-4-8-13(11)21-17(26-18)12-7-5-9-14(25)15(12)20/h2-9,17,21,25H,1,10H2/t17-/m1/s1. The zero-order chi connectivity index (χ0) is 18.8. The Morgan fingerprint density at radius 3 is 2.93 bits per heavy atom. The zero-order valence-electron chi connectivity index (χ0n) is 14.1. The first-order valence-electron chi connectivity index (χ1n) is 8.15. The normalized spacial score (nSPS) is 14.9. The van der Waals surface area contributed by atoms with Gasteiger partial charge in [-0.3, -0.25) is 0 Å². The highest BCUT2D eigenvalue weighted by atomic mass is 35.5. The average Bonchev–Trinajstić information content (AvgIpc) is 2.84. The van der Waals surface area contributed by atoms with E-state index in [2.05, 4.69) is 27.1 Å². The van der Waals surface area contributed by atoms with Crippen LogP contribution in [-0.2, 0) is 0 Å². The second-order valence-electron chi connectivity index (χ2n) is 5.72. The van der Waals surface area contributed by atoms with Crippen LogP contribution in [0.1, 0.15) is 11.8 Å². The third-order valence-corrected chi connectivity index (χ3v) is 5.20. The zero-order valence-corrected chi connectivity index (χ0v) is 15.7. The van der Waals surface area contributed by atoms with Gasteiger partial charge >= 0.3 is 0 Å². The molecule has 4 rings (SSSR count). The molecule has 8 heteroatoms. The highest BCUT2D eigenvalue weighted by Gasteiger charge is 2.27. The molecular formula is C19H15ClN4O2S. The summed E-state index contributed by atoms with van der Waals surface area (Å²) in [5.41, 5.74) is 2.77. The van der Waals surface area contributed by atoms with Crippen LogP contribution in [0.5, 0.6) is 11.6 Å². The van der Waals surface area contributed by atoms with Gasteiger partial charge < -0.3 is 15.2 Å². The molecule has 0 spiro atoms. The van der Waals surface area contributed by atoms with E-state index in [-0.39, 0.29) is 10.8 Å². The van der Waals surface area contributed by atoms with Crippen LogP contribution in [-0.4, -0.2) is 26.0 Å². The summed E-state index contributed by atoms with van der Waals surface area (Å²) in [5.74, 6) is 0.996. The lowest BCUT2D eigenvalue weighted by Gasteiger charge is -2.20. The first-order chi connectivity index (χ1) is 13.2. The van der Waals surface area contributed by atoms with Gasteiger partial charge in [-0.15, -0.1) is 16.8 Å². The molecule has 1 aromatic heterocycles. The molecule has 0 aliphatic carbocycles. The van der Waals surface area contributed by atoms with E-state index in [1.54, 1.807) is 18.2 Å². The van der Waals surface area contributed by atoms with Gasteiger partial charge in [0.15, 0.2) is 11.9 Å². The first-order valence-corrected chi connectivity index (χ1v) is 9.52. The van der Waals surface area contributed by atoms with E-state index in [0.29, 0.717) is 28.0 Å². The summed E-state index contributed by atoms with van der Waals surface area (Å²) < 4.78 is 6.12. The molecule has 2 heterocycles. The lowest BCUT2D eigenvalue weighted by molar-refractivity contribution is 0.225. The van der Waals surface area contributed by atoms with Crippen molar-refractivity contribution in [1.82, 2.24) is 15.2 Å². The molecule has 2 N–H and O–H groups in total. The van der Waals surface area contributed by atoms with Gasteiger partial charge in [0.05, 0.1) is 5.02 Å². The maximum Gasteiger partial charge on any atom is 0.247 e. The Morgan fingerprint density at radius 2 is 2.07 bits per heavy atom. The van der Waals surface area contributed by atoms with E-state index in [4.69, 9.17) is 16.3 Å². The number of hydrogen-bond donors (Lipinski definition) is 2. The molecule has 1 aliphatic rings. The van der Waals surface area contributed by atoms with Gasteiger partial charge in [-0.05, 0) is 12.1 Å². The van der Waals surface area contributed by atoms with Crippen LogP contribution in [0.3, 0.4) is 0 Å². The van der Waals surface area contributed by atoms with Gasteiger partial charge in [0.1, 0.15) is 5.75 Å². The predicted octanol–water partition coefficient (Wildman–Crippen LogP) is 4.68. The third-order valence-electron chi connectivity index (χ3n) is 3.95. The van der Waals surface area contributed by atoms with Crippen LogP contribution in [0.2, 0.25) is 5.02 Å². The summed E-state index contributed by atoms with van der Waals surface area (Å²) >= 11 is 7.71. The molecule has 1 aliphatic heterocycles. The summed E-state index contributed by atoms with van der Waals surface area (Å²) in [7, 11) is 0. The lowest BCUT2D eigenvalue weighted by atomic mass is 10.1. The van der Waals surface area contributed by atoms with E-state index >= 15 is 0 Å². The fourth-order valence-corrected chi connectivity index (χ4v) is 3.46. The Morgan fingerprint density at radius 1 is 1.22 bits per heavy atom. The number of nitrogens with zero attached hydrogens (tertiary/aromatic N) is 3. The first kappa shape index (κ1) is 17.6. The number of para-hydroxylation sites is 1. The molecule has 27 heavy (non-hydrogen) atoms. The van der Waals surface area contributed by atoms with Crippen LogP contribution in [0, 0.1) is 0 Å². The fraction of sp³-hybridized carbons (Fsp3) is 0.105. The van der Waals surface area contributed by atoms with Crippen molar-refractivity contribution in [2.75, 3.05) is 11.1 Å². The number of aromatic hydroxyl groups is 1. The van der Waals surface area contributed by atoms with Gasteiger partial charge in [-0.1, -0.05) is 59.8 Å². The molecule has 0 saturated carbocycles. The highest BCUT2D eigenvalue weighted by Crippen LogP contribution is 2.41. The summed E-state index contributed by atoms with van der Waals surface area (Å²) in [4.78, 5) is 4.51. The summed E-state index contributed by atoms with van der Waals surface area (Å²) in [6, 6.07) is 12.7. The van der Waals surface area contributed by atoms with Crippen molar-refractivity contribution < 1.29 is 9.84 Å². The van der Waals surface area contributed by atoms with Crippen LogP contribution >= 0.6 is 23.4 Å². The van der Waals surface area contributed by atoms with Gasteiger partial charge in [-0.25, -0.2) is 0 Å². The Kier molecular flexibility index (Phi) is 4.87. The van der Waals surface area contributed by atoms with Crippen molar-refractivity contribution in [2.45, 2.75) is 11.4 Å². The fourth-order valence-electron chi connectivity index (χ4n) is 2.72. The largest absolute Gasteiger partial charge is 0.506 e. The Hall–Kier alpha value is -2.77. The van der Waals surface area contributed by atoms with Crippen molar-refractivity contribution in [3.63, 3.8) is 0 Å². The number of thioether (sulfide) groups is 1. The smallest absolute Gasteiger partial charge is 0.247 e. The number of nitrogens with one attached hydrogen (secondary N) is 1. The Labute approximate surface area is 165 Å². The van der Waals surface area contributed by atoms with E-state index < -0.39 is 6.23 Å². The minimum Gasteiger partial charge on any atom is -0.506 e. The number of phenolic OH excluding ortho intramolecular Hbond substituents is 1. The number of aromatic nitrogens is 3. The third kappa shape index (κ3) is 3.43. The van der Waals surface area contributed by atoms with Gasteiger partial charge in [0, 0.05) is 22.6 Å². The summed E-state index contributed by atoms with van der Waals surface area (Å²) in [6.45, 7) is 3.70. The molecule has 0 bridgehead atoms. The molecular weight excluding hydrogens is 384 g/mol. The molecule has 136 valence electrons. The molecule has 0 amide bonds. The number of rotatable bonds is 4. The Bertz CT molecular complexity index is 1010. The molecule has 1 atom stereocenters. The minimum absolute atomic E-state index is 0.0136. The van der Waals surface area contributed by atoms with Crippen molar-refractivity contribution in [1.29, 1.82) is 0 Å². The second kappa shape index (κ2) is 7.46. The number of ether oxygens (including phenoxy) is 1. The minimum atomic E-state index is -0.652. The quantitative estimate of drug-likeness (QED) is 0.487. The topological polar surface area (TPSA) is 80.2 Å². The molecule has 0 radical (unpaired) electrons. The van der Waals surface area contributed by atoms with E-state index in [1.807, 2.05) is 24.3 Å². The average molecular weight is 399 g/mol. The van der Waals surface area contributed by atoms with Gasteiger partial charge in [0.2, 0.25) is 11.0 Å². The summed E-state index contributed by atoms with van der Waals surface area (Å²) in [5, 5.41) is 22.5. The number of benzene rings is 2. The monoisotopic (exact) mass is 398 g/mol. The van der Waals surface area contributed by atoms with E-state index in [0.717, 1.165) is 11.3 Å². The number of halogens is 1. The maximum absolute atomic E-state index is 9.97. The molecule has 0 saturated heterocycles. The van der Waals surface area contributed by atoms with E-state index in [9.17, 15) is 5.11 Å². The number of anilines is 1. The van der Waals surface area contributed by atoms with Crippen LogP contribution in [0.4, 0.5) is 5.69 Å². The molecule has 0 unspecified atom stereocenters. The van der Waals surface area contributed by atoms with Crippen LogP contribution in [0.25, 0.3) is 11.3 Å². The maximum atomic E-state index is 9.97. The second-order valence-corrected chi connectivity index (χ2v) is 7.08. The molecule has 0 fully saturated rings. The predicted molar refractivity (Wildman–Crippen MR) is 106 cm³/mol. The number of phenols is 1. The lowest BCUT2D eigenvalue weighted by Crippen LogP contribution is -2.17. The van der Waals surface area contributed by atoms with Gasteiger partial charge in [-0.2, -0.15) is 4.98 Å². The molecule has 3 aromatic rings. The van der Waals surface area contributed by atoms with Crippen molar-refractivity contribution >= 4 is 29.1 Å². The van der Waals surface area contributed by atoms with E-state index in [1.165, 1.54) is 17.8 Å².